The Labute approximate surface area is 175 Å². The van der Waals surface area contributed by atoms with Gasteiger partial charge in [-0.2, -0.15) is 0 Å². The van der Waals surface area contributed by atoms with Crippen molar-refractivity contribution in [3.05, 3.63) is 35.9 Å². The number of likely N-dealkylation sites (tertiary alicyclic amines) is 1. The molecule has 1 unspecified atom stereocenters. The van der Waals surface area contributed by atoms with Gasteiger partial charge in [-0.25, -0.2) is 0 Å². The topological polar surface area (TPSA) is 55.9 Å². The highest BCUT2D eigenvalue weighted by Crippen LogP contribution is 2.22. The maximum atomic E-state index is 13.0. The SMILES string of the molecule is CCNC(=O)CN1CCN(C(C)C(=O)N2CCC(Cc3ccccc3)CC2)CC1. The Morgan fingerprint density at radius 1 is 1.03 bits per heavy atom. The van der Waals surface area contributed by atoms with Crippen molar-refractivity contribution in [1.82, 2.24) is 20.0 Å². The van der Waals surface area contributed by atoms with Gasteiger partial charge in [-0.15, -0.1) is 0 Å². The monoisotopic (exact) mass is 400 g/mol. The molecule has 0 aromatic heterocycles. The number of nitrogens with one attached hydrogen (secondary N) is 1. The standard InChI is InChI=1S/C23H36N4O2/c1-3-24-22(28)18-25-13-15-26(16-14-25)19(2)23(29)27-11-9-21(10-12-27)17-20-7-5-4-6-8-20/h4-8,19,21H,3,9-18H2,1-2H3,(H,24,28). The zero-order valence-electron chi connectivity index (χ0n) is 18.0. The largest absolute Gasteiger partial charge is 0.355 e. The lowest BCUT2D eigenvalue weighted by Crippen LogP contribution is -2.56. The molecule has 29 heavy (non-hydrogen) atoms. The molecule has 0 radical (unpaired) electrons. The second-order valence-corrected chi connectivity index (χ2v) is 8.40. The first-order chi connectivity index (χ1) is 14.1. The van der Waals surface area contributed by atoms with Gasteiger partial charge in [0.2, 0.25) is 11.8 Å². The highest BCUT2D eigenvalue weighted by Gasteiger charge is 2.31. The number of carbonyl (C=O) groups excluding carboxylic acids is 2. The summed E-state index contributed by atoms with van der Waals surface area (Å²) in [6, 6.07) is 10.6. The van der Waals surface area contributed by atoms with Crippen LogP contribution in [0.3, 0.4) is 0 Å². The zero-order chi connectivity index (χ0) is 20.6. The van der Waals surface area contributed by atoms with Crippen molar-refractivity contribution >= 4 is 11.8 Å². The molecule has 2 saturated heterocycles. The third-order valence-electron chi connectivity index (χ3n) is 6.35. The first kappa shape index (κ1) is 21.8. The maximum Gasteiger partial charge on any atom is 0.239 e. The van der Waals surface area contributed by atoms with Crippen molar-refractivity contribution < 1.29 is 9.59 Å². The molecule has 0 saturated carbocycles. The van der Waals surface area contributed by atoms with Crippen LogP contribution in [0.15, 0.2) is 30.3 Å². The van der Waals surface area contributed by atoms with Gasteiger partial charge in [0.05, 0.1) is 12.6 Å². The predicted molar refractivity (Wildman–Crippen MR) is 116 cm³/mol. The van der Waals surface area contributed by atoms with Crippen LogP contribution in [0.2, 0.25) is 0 Å². The van der Waals surface area contributed by atoms with Gasteiger partial charge in [0.25, 0.3) is 0 Å². The minimum absolute atomic E-state index is 0.0766. The van der Waals surface area contributed by atoms with Crippen molar-refractivity contribution in [2.45, 2.75) is 39.2 Å². The fraction of sp³-hybridized carbons (Fsp3) is 0.652. The first-order valence-electron chi connectivity index (χ1n) is 11.1. The van der Waals surface area contributed by atoms with E-state index in [2.05, 4.69) is 50.3 Å². The predicted octanol–water partition coefficient (Wildman–Crippen LogP) is 1.61. The molecular weight excluding hydrogens is 364 g/mol. The second-order valence-electron chi connectivity index (χ2n) is 8.40. The molecule has 2 heterocycles. The highest BCUT2D eigenvalue weighted by molar-refractivity contribution is 5.81. The van der Waals surface area contributed by atoms with Crippen molar-refractivity contribution in [1.29, 1.82) is 0 Å². The van der Waals surface area contributed by atoms with Crippen LogP contribution in [0.25, 0.3) is 0 Å². The van der Waals surface area contributed by atoms with E-state index in [-0.39, 0.29) is 17.9 Å². The summed E-state index contributed by atoms with van der Waals surface area (Å²) >= 11 is 0. The third-order valence-corrected chi connectivity index (χ3v) is 6.35. The fourth-order valence-electron chi connectivity index (χ4n) is 4.49. The van der Waals surface area contributed by atoms with E-state index < -0.39 is 0 Å². The van der Waals surface area contributed by atoms with Crippen molar-refractivity contribution in [2.75, 3.05) is 52.4 Å². The molecule has 6 nitrogen and oxygen atoms in total. The smallest absolute Gasteiger partial charge is 0.239 e. The molecule has 6 heteroatoms. The number of likely N-dealkylation sites (N-methyl/N-ethyl adjacent to an activating group) is 1. The summed E-state index contributed by atoms with van der Waals surface area (Å²) in [4.78, 5) is 31.3. The Hall–Kier alpha value is -1.92. The molecule has 2 aliphatic heterocycles. The Balaban J connectivity index is 1.40. The van der Waals surface area contributed by atoms with Gasteiger partial charge in [-0.3, -0.25) is 19.4 Å². The fourth-order valence-corrected chi connectivity index (χ4v) is 4.49. The van der Waals surface area contributed by atoms with Crippen LogP contribution in [-0.2, 0) is 16.0 Å². The lowest BCUT2D eigenvalue weighted by molar-refractivity contribution is -0.139. The summed E-state index contributed by atoms with van der Waals surface area (Å²) in [6.45, 7) is 10.2. The molecule has 1 N–H and O–H groups in total. The van der Waals surface area contributed by atoms with Crippen LogP contribution < -0.4 is 5.32 Å². The van der Waals surface area contributed by atoms with Crippen LogP contribution >= 0.6 is 0 Å². The molecular formula is C23H36N4O2. The van der Waals surface area contributed by atoms with Gasteiger partial charge in [0, 0.05) is 45.8 Å². The van der Waals surface area contributed by atoms with Gasteiger partial charge in [0.1, 0.15) is 0 Å². The molecule has 1 atom stereocenters. The molecule has 3 rings (SSSR count). The molecule has 0 aliphatic carbocycles. The Bertz CT molecular complexity index is 650. The average molecular weight is 401 g/mol. The third kappa shape index (κ3) is 6.28. The minimum atomic E-state index is -0.0766. The van der Waals surface area contributed by atoms with E-state index in [0.29, 0.717) is 19.0 Å². The number of nitrogens with zero attached hydrogens (tertiary/aromatic N) is 3. The van der Waals surface area contributed by atoms with Gasteiger partial charge in [-0.05, 0) is 44.6 Å². The molecule has 1 aromatic rings. The zero-order valence-corrected chi connectivity index (χ0v) is 18.0. The molecule has 0 bridgehead atoms. The Morgan fingerprint density at radius 2 is 1.69 bits per heavy atom. The number of benzene rings is 1. The van der Waals surface area contributed by atoms with E-state index in [4.69, 9.17) is 0 Å². The van der Waals surface area contributed by atoms with E-state index in [1.807, 2.05) is 13.8 Å². The number of rotatable bonds is 7. The van der Waals surface area contributed by atoms with Crippen molar-refractivity contribution in [2.24, 2.45) is 5.92 Å². The Kier molecular flexibility index (Phi) is 8.07. The average Bonchev–Trinajstić information content (AvgIpc) is 2.75. The summed E-state index contributed by atoms with van der Waals surface area (Å²) in [5, 5.41) is 2.85. The van der Waals surface area contributed by atoms with E-state index in [9.17, 15) is 9.59 Å². The van der Waals surface area contributed by atoms with Gasteiger partial charge in [-0.1, -0.05) is 30.3 Å². The van der Waals surface area contributed by atoms with Crippen LogP contribution in [0.1, 0.15) is 32.3 Å². The number of amides is 2. The van der Waals surface area contributed by atoms with Crippen molar-refractivity contribution in [3.8, 4) is 0 Å². The number of carbonyl (C=O) groups is 2. The van der Waals surface area contributed by atoms with E-state index in [1.54, 1.807) is 0 Å². The first-order valence-corrected chi connectivity index (χ1v) is 11.1. The van der Waals surface area contributed by atoms with Gasteiger partial charge in [0.15, 0.2) is 0 Å². The normalized spacial score (nSPS) is 20.4. The molecule has 2 amide bonds. The van der Waals surface area contributed by atoms with Gasteiger partial charge >= 0.3 is 0 Å². The minimum Gasteiger partial charge on any atom is -0.355 e. The molecule has 0 spiro atoms. The lowest BCUT2D eigenvalue weighted by atomic mass is 9.90. The summed E-state index contributed by atoms with van der Waals surface area (Å²) in [7, 11) is 0. The lowest BCUT2D eigenvalue weighted by Gasteiger charge is -2.40. The van der Waals surface area contributed by atoms with E-state index >= 15 is 0 Å². The second kappa shape index (κ2) is 10.7. The van der Waals surface area contributed by atoms with Crippen LogP contribution in [-0.4, -0.2) is 84.9 Å². The molecule has 2 aliphatic rings. The Morgan fingerprint density at radius 3 is 2.31 bits per heavy atom. The number of hydrogen-bond acceptors (Lipinski definition) is 4. The molecule has 2 fully saturated rings. The maximum absolute atomic E-state index is 13.0. The summed E-state index contributed by atoms with van der Waals surface area (Å²) in [5.74, 6) is 1.03. The highest BCUT2D eigenvalue weighted by atomic mass is 16.2. The summed E-state index contributed by atoms with van der Waals surface area (Å²) < 4.78 is 0. The van der Waals surface area contributed by atoms with Crippen LogP contribution in [0, 0.1) is 5.92 Å². The van der Waals surface area contributed by atoms with Crippen molar-refractivity contribution in [3.63, 3.8) is 0 Å². The number of hydrogen-bond donors (Lipinski definition) is 1. The number of piperidine rings is 1. The molecule has 160 valence electrons. The summed E-state index contributed by atoms with van der Waals surface area (Å²) in [5.41, 5.74) is 1.40. The van der Waals surface area contributed by atoms with E-state index in [1.165, 1.54) is 5.56 Å². The quantitative estimate of drug-likeness (QED) is 0.756. The van der Waals surface area contributed by atoms with E-state index in [0.717, 1.165) is 58.5 Å². The van der Waals surface area contributed by atoms with Crippen LogP contribution in [0.4, 0.5) is 0 Å². The molecule has 1 aromatic carbocycles. The van der Waals surface area contributed by atoms with Crippen LogP contribution in [0.5, 0.6) is 0 Å². The summed E-state index contributed by atoms with van der Waals surface area (Å²) in [6.07, 6.45) is 3.30. The van der Waals surface area contributed by atoms with Gasteiger partial charge < -0.3 is 10.2 Å². The number of piperazine rings is 1.